The van der Waals surface area contributed by atoms with E-state index in [-0.39, 0.29) is 5.28 Å². The molecular weight excluding hydrogens is 374 g/mol. The highest BCUT2D eigenvalue weighted by molar-refractivity contribution is 6.28. The Balaban J connectivity index is 1.72. The third-order valence-electron chi connectivity index (χ3n) is 6.00. The number of aromatic nitrogens is 4. The molecule has 0 bridgehead atoms. The minimum Gasteiger partial charge on any atom is -0.468 e. The highest BCUT2D eigenvalue weighted by atomic mass is 35.5. The number of furan rings is 1. The van der Waals surface area contributed by atoms with Crippen LogP contribution >= 0.6 is 11.6 Å². The Morgan fingerprint density at radius 1 is 1.29 bits per heavy atom. The third kappa shape index (κ3) is 2.71. The molecule has 3 aromatic rings. The summed E-state index contributed by atoms with van der Waals surface area (Å²) >= 11 is 6.40. The summed E-state index contributed by atoms with van der Waals surface area (Å²) in [7, 11) is 0. The minimum absolute atomic E-state index is 0.232. The van der Waals surface area contributed by atoms with Crippen molar-refractivity contribution in [3.8, 4) is 0 Å². The van der Waals surface area contributed by atoms with Gasteiger partial charge in [0.05, 0.1) is 23.7 Å². The van der Waals surface area contributed by atoms with Crippen molar-refractivity contribution in [3.05, 3.63) is 65.3 Å². The van der Waals surface area contributed by atoms with Crippen LogP contribution < -0.4 is 5.73 Å². The van der Waals surface area contributed by atoms with Crippen molar-refractivity contribution in [2.75, 3.05) is 6.54 Å². The van der Waals surface area contributed by atoms with E-state index < -0.39 is 5.41 Å². The molecule has 2 aliphatic carbocycles. The van der Waals surface area contributed by atoms with Gasteiger partial charge in [0.15, 0.2) is 5.65 Å². The van der Waals surface area contributed by atoms with Crippen LogP contribution in [0.1, 0.15) is 49.6 Å². The van der Waals surface area contributed by atoms with Gasteiger partial charge in [0, 0.05) is 12.6 Å². The van der Waals surface area contributed by atoms with Gasteiger partial charge in [0.25, 0.3) is 0 Å². The molecule has 0 amide bonds. The maximum Gasteiger partial charge on any atom is 0.224 e. The van der Waals surface area contributed by atoms with Crippen molar-refractivity contribution in [1.82, 2.24) is 19.5 Å². The second-order valence-electron chi connectivity index (χ2n) is 7.57. The van der Waals surface area contributed by atoms with Crippen LogP contribution in [-0.2, 0) is 5.41 Å². The van der Waals surface area contributed by atoms with E-state index in [2.05, 4.69) is 26.7 Å². The van der Waals surface area contributed by atoms with Crippen LogP contribution in [0.15, 0.2) is 52.9 Å². The van der Waals surface area contributed by atoms with Crippen molar-refractivity contribution in [2.45, 2.75) is 43.6 Å². The lowest BCUT2D eigenvalue weighted by Crippen LogP contribution is -2.28. The second-order valence-corrected chi connectivity index (χ2v) is 7.91. The molecule has 5 rings (SSSR count). The van der Waals surface area contributed by atoms with Gasteiger partial charge in [-0.05, 0) is 48.6 Å². The number of nitrogens with zero attached hydrogens (tertiary/aromatic N) is 4. The first kappa shape index (κ1) is 17.6. The van der Waals surface area contributed by atoms with Crippen LogP contribution in [0.5, 0.6) is 0 Å². The number of fused-ring (bicyclic) bond motifs is 1. The van der Waals surface area contributed by atoms with E-state index in [0.717, 1.165) is 41.0 Å². The second kappa shape index (κ2) is 6.87. The molecule has 1 saturated carbocycles. The van der Waals surface area contributed by atoms with Gasteiger partial charge in [-0.1, -0.05) is 31.1 Å². The van der Waals surface area contributed by atoms with E-state index >= 15 is 0 Å². The standard InChI is InChI=1S/C21H22ClN5O/c22-20-25-18(17-19(26-20)27(13-24-17)15-4-1-2-5-15)21(16-6-3-11-28-16)9-7-14(12-23)8-10-21/h3,6-9,11,13,15H,1-2,4-5,10,12,23H2. The highest BCUT2D eigenvalue weighted by Gasteiger charge is 2.40. The summed E-state index contributed by atoms with van der Waals surface area (Å²) in [6.07, 6.45) is 15.3. The summed E-state index contributed by atoms with van der Waals surface area (Å²) < 4.78 is 8.01. The number of hydrogen-bond donors (Lipinski definition) is 1. The number of halogens is 1. The van der Waals surface area contributed by atoms with Crippen LogP contribution in [0, 0.1) is 0 Å². The van der Waals surface area contributed by atoms with Crippen molar-refractivity contribution in [2.24, 2.45) is 5.73 Å². The van der Waals surface area contributed by atoms with Crippen LogP contribution in [0.25, 0.3) is 11.2 Å². The molecule has 2 N–H and O–H groups in total. The Bertz CT molecular complexity index is 1060. The van der Waals surface area contributed by atoms with Gasteiger partial charge in [-0.3, -0.25) is 0 Å². The van der Waals surface area contributed by atoms with Gasteiger partial charge < -0.3 is 14.7 Å². The lowest BCUT2D eigenvalue weighted by Gasteiger charge is -2.30. The van der Waals surface area contributed by atoms with Crippen LogP contribution in [0.3, 0.4) is 0 Å². The average Bonchev–Trinajstić information content (AvgIpc) is 3.48. The van der Waals surface area contributed by atoms with E-state index in [1.54, 1.807) is 6.26 Å². The summed E-state index contributed by atoms with van der Waals surface area (Å²) in [5, 5.41) is 0.232. The molecule has 0 saturated heterocycles. The molecule has 1 fully saturated rings. The van der Waals surface area contributed by atoms with E-state index in [9.17, 15) is 0 Å². The largest absolute Gasteiger partial charge is 0.468 e. The minimum atomic E-state index is -0.581. The molecule has 28 heavy (non-hydrogen) atoms. The zero-order valence-electron chi connectivity index (χ0n) is 15.5. The molecule has 0 aliphatic heterocycles. The molecule has 2 aliphatic rings. The van der Waals surface area contributed by atoms with Crippen molar-refractivity contribution in [3.63, 3.8) is 0 Å². The van der Waals surface area contributed by atoms with Gasteiger partial charge in [0.1, 0.15) is 11.3 Å². The number of nitrogens with two attached hydrogens (primary N) is 1. The van der Waals surface area contributed by atoms with Gasteiger partial charge in [-0.25, -0.2) is 9.97 Å². The average molecular weight is 396 g/mol. The Hall–Kier alpha value is -2.44. The number of imidazole rings is 1. The molecule has 1 unspecified atom stereocenters. The smallest absolute Gasteiger partial charge is 0.224 e. The van der Waals surface area contributed by atoms with Crippen molar-refractivity contribution < 1.29 is 4.42 Å². The number of rotatable bonds is 4. The molecule has 1 atom stereocenters. The topological polar surface area (TPSA) is 82.8 Å². The van der Waals surface area contributed by atoms with E-state index in [4.69, 9.17) is 26.7 Å². The summed E-state index contributed by atoms with van der Waals surface area (Å²) in [5.41, 5.74) is 8.70. The molecule has 144 valence electrons. The molecule has 0 spiro atoms. The van der Waals surface area contributed by atoms with Crippen molar-refractivity contribution in [1.29, 1.82) is 0 Å². The molecular formula is C21H22ClN5O. The molecule has 6 nitrogen and oxygen atoms in total. The summed E-state index contributed by atoms with van der Waals surface area (Å²) in [6.45, 7) is 0.501. The SMILES string of the molecule is NCC1=CCC(c2ccco2)(c2nc(Cl)nc3c2ncn3C2CCCC2)C=C1. The van der Waals surface area contributed by atoms with Crippen LogP contribution in [0.2, 0.25) is 5.28 Å². The normalized spacial score (nSPS) is 22.9. The quantitative estimate of drug-likeness (QED) is 0.665. The van der Waals surface area contributed by atoms with Crippen LogP contribution in [0.4, 0.5) is 0 Å². The van der Waals surface area contributed by atoms with E-state index in [1.165, 1.54) is 12.8 Å². The predicted molar refractivity (Wildman–Crippen MR) is 108 cm³/mol. The summed E-state index contributed by atoms with van der Waals surface area (Å²) in [5.74, 6) is 0.808. The highest BCUT2D eigenvalue weighted by Crippen LogP contribution is 2.43. The first-order valence-corrected chi connectivity index (χ1v) is 10.1. The van der Waals surface area contributed by atoms with E-state index in [1.807, 2.05) is 24.5 Å². The molecule has 3 heterocycles. The van der Waals surface area contributed by atoms with E-state index in [0.29, 0.717) is 19.0 Å². The fourth-order valence-electron chi connectivity index (χ4n) is 4.49. The monoisotopic (exact) mass is 395 g/mol. The Morgan fingerprint density at radius 2 is 2.14 bits per heavy atom. The van der Waals surface area contributed by atoms with Crippen LogP contribution in [-0.4, -0.2) is 26.1 Å². The van der Waals surface area contributed by atoms with Gasteiger partial charge in [0.2, 0.25) is 5.28 Å². The molecule has 0 radical (unpaired) electrons. The summed E-state index contributed by atoms with van der Waals surface area (Å²) in [6, 6.07) is 4.29. The van der Waals surface area contributed by atoms with Gasteiger partial charge in [-0.15, -0.1) is 0 Å². The van der Waals surface area contributed by atoms with Gasteiger partial charge >= 0.3 is 0 Å². The molecule has 3 aromatic heterocycles. The Kier molecular flexibility index (Phi) is 4.33. The van der Waals surface area contributed by atoms with Gasteiger partial charge in [-0.2, -0.15) is 4.98 Å². The molecule has 7 heteroatoms. The maximum atomic E-state index is 6.40. The molecule has 0 aromatic carbocycles. The lowest BCUT2D eigenvalue weighted by molar-refractivity contribution is 0.430. The maximum absolute atomic E-state index is 6.40. The fourth-order valence-corrected chi connectivity index (χ4v) is 4.65. The fraction of sp³-hybridized carbons (Fsp3) is 0.381. The van der Waals surface area contributed by atoms with Crippen molar-refractivity contribution >= 4 is 22.8 Å². The number of allylic oxidation sites excluding steroid dienone is 2. The predicted octanol–water partition coefficient (Wildman–Crippen LogP) is 4.32. The first-order valence-electron chi connectivity index (χ1n) is 9.74. The Morgan fingerprint density at radius 3 is 2.82 bits per heavy atom. The zero-order chi connectivity index (χ0) is 19.1. The lowest BCUT2D eigenvalue weighted by atomic mass is 9.74. The first-order chi connectivity index (χ1) is 13.7. The zero-order valence-corrected chi connectivity index (χ0v) is 16.3. The summed E-state index contributed by atoms with van der Waals surface area (Å²) in [4.78, 5) is 13.9. The Labute approximate surface area is 168 Å². The third-order valence-corrected chi connectivity index (χ3v) is 6.17. The number of hydrogen-bond acceptors (Lipinski definition) is 5.